The molecule has 0 spiro atoms. The van der Waals surface area contributed by atoms with Gasteiger partial charge < -0.3 is 9.57 Å². The Balaban J connectivity index is 1.34. The van der Waals surface area contributed by atoms with Crippen LogP contribution < -0.4 is 4.74 Å². The molecule has 0 saturated heterocycles. The number of rotatable bonds is 5. The van der Waals surface area contributed by atoms with Crippen LogP contribution in [0.5, 0.6) is 5.75 Å². The van der Waals surface area contributed by atoms with Crippen molar-refractivity contribution in [1.29, 1.82) is 0 Å². The maximum atomic E-state index is 12.4. The summed E-state index contributed by atoms with van der Waals surface area (Å²) in [7, 11) is 0. The second-order valence-corrected chi connectivity index (χ2v) is 7.07. The van der Waals surface area contributed by atoms with E-state index in [2.05, 4.69) is 4.74 Å². The summed E-state index contributed by atoms with van der Waals surface area (Å²) < 4.78 is 41.2. The number of allylic oxidation sites excluding steroid dienone is 1. The first kappa shape index (κ1) is 19.2. The highest BCUT2D eigenvalue weighted by atomic mass is 19.4. The summed E-state index contributed by atoms with van der Waals surface area (Å²) in [6, 6.07) is 5.97. The third-order valence-electron chi connectivity index (χ3n) is 5.01. The molecule has 0 bridgehead atoms. The third-order valence-corrected chi connectivity index (χ3v) is 5.01. The molecule has 4 rings (SSSR count). The van der Waals surface area contributed by atoms with E-state index in [9.17, 15) is 27.6 Å². The number of alkyl halides is 3. The molecule has 0 aromatic heterocycles. The molecule has 1 aliphatic heterocycles. The van der Waals surface area contributed by atoms with Crippen molar-refractivity contribution in [3.8, 4) is 5.75 Å². The first-order valence-corrected chi connectivity index (χ1v) is 9.04. The van der Waals surface area contributed by atoms with Crippen LogP contribution in [0.15, 0.2) is 47.6 Å². The molecule has 0 N–H and O–H groups in total. The second-order valence-electron chi connectivity index (χ2n) is 7.07. The van der Waals surface area contributed by atoms with Gasteiger partial charge in [-0.3, -0.25) is 9.59 Å². The van der Waals surface area contributed by atoms with Crippen molar-refractivity contribution in [2.75, 3.05) is 6.61 Å². The fourth-order valence-electron chi connectivity index (χ4n) is 3.45. The van der Waals surface area contributed by atoms with Crippen molar-refractivity contribution in [3.63, 3.8) is 0 Å². The standard InChI is InChI=1S/C20H16F3NO5/c21-20(22,23)10-28-12-7-5-11(6-8-12)15-9-16(15)19(27)29-24-17(25)13-3-1-2-4-14(13)18(24)26/h1,3,5-8,15-16H,2,4,9-10H2. The summed E-state index contributed by atoms with van der Waals surface area (Å²) in [5, 5.41) is 0.520. The quantitative estimate of drug-likeness (QED) is 0.701. The minimum absolute atomic E-state index is 0.0730. The number of nitrogens with zero attached hydrogens (tertiary/aromatic N) is 1. The first-order valence-electron chi connectivity index (χ1n) is 9.04. The number of amides is 2. The van der Waals surface area contributed by atoms with E-state index in [0.29, 0.717) is 29.9 Å². The maximum absolute atomic E-state index is 12.4. The van der Waals surface area contributed by atoms with Crippen LogP contribution in [0.1, 0.15) is 30.7 Å². The van der Waals surface area contributed by atoms with E-state index in [4.69, 9.17) is 4.84 Å². The van der Waals surface area contributed by atoms with Gasteiger partial charge in [0.2, 0.25) is 0 Å². The smallest absolute Gasteiger partial charge is 0.422 e. The molecule has 152 valence electrons. The Hall–Kier alpha value is -3.10. The zero-order valence-electron chi connectivity index (χ0n) is 15.1. The Bertz CT molecular complexity index is 932. The van der Waals surface area contributed by atoms with E-state index >= 15 is 0 Å². The van der Waals surface area contributed by atoms with Gasteiger partial charge in [0.1, 0.15) is 5.75 Å². The van der Waals surface area contributed by atoms with Crippen LogP contribution in [0.25, 0.3) is 0 Å². The molecule has 1 heterocycles. The highest BCUT2D eigenvalue weighted by Crippen LogP contribution is 2.48. The van der Waals surface area contributed by atoms with Gasteiger partial charge in [-0.05, 0) is 42.9 Å². The van der Waals surface area contributed by atoms with Gasteiger partial charge in [0.05, 0.1) is 11.5 Å². The van der Waals surface area contributed by atoms with E-state index in [1.54, 1.807) is 24.3 Å². The fraction of sp³-hybridized carbons (Fsp3) is 0.350. The van der Waals surface area contributed by atoms with Gasteiger partial charge >= 0.3 is 12.1 Å². The molecule has 3 aliphatic rings. The van der Waals surface area contributed by atoms with Gasteiger partial charge in [0, 0.05) is 5.57 Å². The van der Waals surface area contributed by atoms with Crippen molar-refractivity contribution >= 4 is 17.8 Å². The maximum Gasteiger partial charge on any atom is 0.422 e. The van der Waals surface area contributed by atoms with Crippen LogP contribution in [0.2, 0.25) is 0 Å². The Morgan fingerprint density at radius 2 is 1.86 bits per heavy atom. The van der Waals surface area contributed by atoms with Gasteiger partial charge in [-0.15, -0.1) is 0 Å². The van der Waals surface area contributed by atoms with Crippen LogP contribution in [0, 0.1) is 5.92 Å². The van der Waals surface area contributed by atoms with Gasteiger partial charge in [-0.2, -0.15) is 13.2 Å². The minimum atomic E-state index is -4.42. The minimum Gasteiger partial charge on any atom is -0.484 e. The van der Waals surface area contributed by atoms with E-state index in [0.717, 1.165) is 5.56 Å². The van der Waals surface area contributed by atoms with Gasteiger partial charge in [-0.25, -0.2) is 4.79 Å². The lowest BCUT2D eigenvalue weighted by atomic mass is 10.00. The molecule has 2 unspecified atom stereocenters. The zero-order chi connectivity index (χ0) is 20.8. The number of ether oxygens (including phenoxy) is 1. The van der Waals surface area contributed by atoms with Crippen LogP contribution in [-0.4, -0.2) is 35.6 Å². The molecule has 1 aromatic carbocycles. The molecular weight excluding hydrogens is 391 g/mol. The number of halogens is 3. The fourth-order valence-corrected chi connectivity index (χ4v) is 3.45. The Morgan fingerprint density at radius 3 is 2.52 bits per heavy atom. The lowest BCUT2D eigenvalue weighted by molar-refractivity contribution is -0.197. The van der Waals surface area contributed by atoms with E-state index in [1.165, 1.54) is 12.1 Å². The number of imide groups is 1. The normalized spacial score (nSPS) is 23.3. The predicted octanol–water partition coefficient (Wildman–Crippen LogP) is 3.20. The van der Waals surface area contributed by atoms with Crippen LogP contribution in [-0.2, 0) is 19.2 Å². The number of hydrogen-bond donors (Lipinski definition) is 0. The number of hydroxylamine groups is 2. The molecular formula is C20H16F3NO5. The SMILES string of the molecule is O=C(ON1C(=O)C2=C(CCC=C2)C1=O)C1CC1c1ccc(OCC(F)(F)F)cc1. The van der Waals surface area contributed by atoms with Crippen LogP contribution in [0.3, 0.4) is 0 Å². The zero-order valence-corrected chi connectivity index (χ0v) is 15.1. The Kier molecular flexibility index (Phi) is 4.68. The summed E-state index contributed by atoms with van der Waals surface area (Å²) in [6.07, 6.45) is 0.471. The van der Waals surface area contributed by atoms with Crippen molar-refractivity contribution in [2.24, 2.45) is 5.92 Å². The lowest BCUT2D eigenvalue weighted by Gasteiger charge is -2.13. The average Bonchev–Trinajstić information content (AvgIpc) is 3.46. The second kappa shape index (κ2) is 7.06. The number of benzene rings is 1. The molecule has 2 aliphatic carbocycles. The molecule has 2 atom stereocenters. The van der Waals surface area contributed by atoms with E-state index < -0.39 is 36.5 Å². The van der Waals surface area contributed by atoms with Crippen LogP contribution >= 0.6 is 0 Å². The number of hydrogen-bond acceptors (Lipinski definition) is 5. The largest absolute Gasteiger partial charge is 0.484 e. The molecule has 1 fully saturated rings. The summed E-state index contributed by atoms with van der Waals surface area (Å²) in [5.41, 5.74) is 1.36. The highest BCUT2D eigenvalue weighted by Gasteiger charge is 2.48. The van der Waals surface area contributed by atoms with E-state index in [-0.39, 0.29) is 17.2 Å². The summed E-state index contributed by atoms with van der Waals surface area (Å²) in [6.45, 7) is -1.38. The first-order chi connectivity index (χ1) is 13.7. The Morgan fingerprint density at radius 1 is 1.14 bits per heavy atom. The van der Waals surface area contributed by atoms with Crippen LogP contribution in [0.4, 0.5) is 13.2 Å². The average molecular weight is 407 g/mol. The predicted molar refractivity (Wildman–Crippen MR) is 92.2 cm³/mol. The third kappa shape index (κ3) is 3.90. The lowest BCUT2D eigenvalue weighted by Crippen LogP contribution is -2.35. The molecule has 1 saturated carbocycles. The van der Waals surface area contributed by atoms with Gasteiger partial charge in [0.15, 0.2) is 6.61 Å². The summed E-state index contributed by atoms with van der Waals surface area (Å²) in [5.74, 6) is -2.56. The summed E-state index contributed by atoms with van der Waals surface area (Å²) in [4.78, 5) is 42.0. The van der Waals surface area contributed by atoms with Gasteiger partial charge in [0.25, 0.3) is 11.8 Å². The molecule has 1 aromatic rings. The molecule has 0 radical (unpaired) electrons. The van der Waals surface area contributed by atoms with Crippen molar-refractivity contribution in [2.45, 2.75) is 31.4 Å². The highest BCUT2D eigenvalue weighted by molar-refractivity contribution is 6.20. The van der Waals surface area contributed by atoms with Crippen molar-refractivity contribution in [1.82, 2.24) is 5.06 Å². The molecule has 2 amide bonds. The molecule has 9 heteroatoms. The monoisotopic (exact) mass is 407 g/mol. The number of carbonyl (C=O) groups excluding carboxylic acids is 3. The topological polar surface area (TPSA) is 72.9 Å². The summed E-state index contributed by atoms with van der Waals surface area (Å²) >= 11 is 0. The molecule has 6 nitrogen and oxygen atoms in total. The van der Waals surface area contributed by atoms with Crippen molar-refractivity contribution < 1.29 is 37.1 Å². The number of carbonyl (C=O) groups is 3. The molecule has 29 heavy (non-hydrogen) atoms. The Labute approximate surface area is 163 Å². The van der Waals surface area contributed by atoms with Gasteiger partial charge in [-0.1, -0.05) is 29.3 Å². The van der Waals surface area contributed by atoms with E-state index in [1.807, 2.05) is 0 Å². The van der Waals surface area contributed by atoms with Crippen molar-refractivity contribution in [3.05, 3.63) is 53.1 Å².